The Morgan fingerprint density at radius 1 is 1.08 bits per heavy atom. The third-order valence-corrected chi connectivity index (χ3v) is 6.92. The van der Waals surface area contributed by atoms with E-state index in [0.717, 1.165) is 70.7 Å². The third-order valence-electron chi connectivity index (χ3n) is 6.92. The summed E-state index contributed by atoms with van der Waals surface area (Å²) < 4.78 is 16.5. The Hall–Kier alpha value is -3.78. The molecule has 0 aliphatic carbocycles. The summed E-state index contributed by atoms with van der Waals surface area (Å²) in [5.74, 6) is 1.07. The summed E-state index contributed by atoms with van der Waals surface area (Å²) in [6, 6.07) is 6.01. The molecule has 0 saturated carbocycles. The van der Waals surface area contributed by atoms with Gasteiger partial charge in [0.05, 0.1) is 18.3 Å². The summed E-state index contributed by atoms with van der Waals surface area (Å²) in [6.45, 7) is 15.5. The van der Waals surface area contributed by atoms with Gasteiger partial charge in [-0.15, -0.1) is 0 Å². The Labute approximate surface area is 210 Å². The van der Waals surface area contributed by atoms with Gasteiger partial charge in [0.25, 0.3) is 0 Å². The average molecular weight is 486 g/mol. The first-order valence-corrected chi connectivity index (χ1v) is 12.2. The minimum Gasteiger partial charge on any atom is -0.368 e. The van der Waals surface area contributed by atoms with Crippen LogP contribution < -0.4 is 4.90 Å². The van der Waals surface area contributed by atoms with Crippen LogP contribution in [0.3, 0.4) is 0 Å². The maximum Gasteiger partial charge on any atom is 0.157 e. The molecule has 1 N–H and O–H groups in total. The topological polar surface area (TPSA) is 64.2 Å². The molecule has 1 fully saturated rings. The molecule has 3 heterocycles. The second-order valence-corrected chi connectivity index (χ2v) is 9.74. The third kappa shape index (κ3) is 4.11. The van der Waals surface area contributed by atoms with E-state index in [1.54, 1.807) is 12.3 Å². The number of aromatic amines is 1. The number of piperazine rings is 1. The van der Waals surface area contributed by atoms with Crippen molar-refractivity contribution >= 4 is 27.6 Å². The number of rotatable bonds is 6. The van der Waals surface area contributed by atoms with Crippen molar-refractivity contribution in [2.24, 2.45) is 0 Å². The number of hydrogen-bond acceptors (Lipinski definition) is 6. The van der Waals surface area contributed by atoms with E-state index < -0.39 is 0 Å². The Balaban J connectivity index is 1.69. The lowest BCUT2D eigenvalue weighted by atomic mass is 9.92. The van der Waals surface area contributed by atoms with Gasteiger partial charge in [-0.1, -0.05) is 19.2 Å². The number of aromatic nitrogens is 4. The minimum absolute atomic E-state index is 0.316. The molecule has 2 aromatic heterocycles. The van der Waals surface area contributed by atoms with Gasteiger partial charge >= 0.3 is 0 Å². The molecule has 0 spiro atoms. The van der Waals surface area contributed by atoms with Gasteiger partial charge in [-0.2, -0.15) is 5.10 Å². The Morgan fingerprint density at radius 3 is 2.53 bits per heavy atom. The lowest BCUT2D eigenvalue weighted by Gasteiger charge is -2.37. The van der Waals surface area contributed by atoms with E-state index in [2.05, 4.69) is 33.2 Å². The zero-order valence-corrected chi connectivity index (χ0v) is 21.4. The predicted molar refractivity (Wildman–Crippen MR) is 145 cm³/mol. The molecule has 0 atom stereocenters. The van der Waals surface area contributed by atoms with Crippen LogP contribution in [0.2, 0.25) is 0 Å². The van der Waals surface area contributed by atoms with Crippen molar-refractivity contribution < 1.29 is 4.39 Å². The van der Waals surface area contributed by atoms with Crippen LogP contribution in [0.1, 0.15) is 17.0 Å². The van der Waals surface area contributed by atoms with Crippen molar-refractivity contribution in [2.75, 3.05) is 45.2 Å². The molecule has 1 aliphatic rings. The maximum absolute atomic E-state index is 16.5. The molecule has 1 aliphatic heterocycles. The van der Waals surface area contributed by atoms with Crippen LogP contribution in [0.15, 0.2) is 49.3 Å². The van der Waals surface area contributed by atoms with E-state index in [1.807, 2.05) is 51.0 Å². The van der Waals surface area contributed by atoms with Gasteiger partial charge in [0.15, 0.2) is 5.82 Å². The molecular weight excluding hydrogens is 453 g/mol. The highest BCUT2D eigenvalue weighted by molar-refractivity contribution is 6.01. The summed E-state index contributed by atoms with van der Waals surface area (Å²) in [4.78, 5) is 16.1. The molecule has 36 heavy (non-hydrogen) atoms. The van der Waals surface area contributed by atoms with Crippen molar-refractivity contribution in [3.63, 3.8) is 0 Å². The van der Waals surface area contributed by atoms with Crippen LogP contribution in [0.4, 0.5) is 10.2 Å². The Kier molecular flexibility index (Phi) is 6.22. The summed E-state index contributed by atoms with van der Waals surface area (Å²) >= 11 is 0. The highest BCUT2D eigenvalue weighted by atomic mass is 19.1. The average Bonchev–Trinajstić information content (AvgIpc) is 3.33. The number of benzene rings is 2. The second-order valence-electron chi connectivity index (χ2n) is 9.74. The normalized spacial score (nSPS) is 14.3. The Bertz CT molecular complexity index is 1480. The van der Waals surface area contributed by atoms with Crippen molar-refractivity contribution in [1.82, 2.24) is 30.0 Å². The quantitative estimate of drug-likeness (QED) is 0.396. The molecule has 4 aromatic rings. The number of fused-ring (bicyclic) bond motifs is 2. The first-order chi connectivity index (χ1) is 17.3. The van der Waals surface area contributed by atoms with Crippen LogP contribution >= 0.6 is 0 Å². The summed E-state index contributed by atoms with van der Waals surface area (Å²) in [7, 11) is 3.93. The van der Waals surface area contributed by atoms with Crippen molar-refractivity contribution in [3.8, 4) is 11.1 Å². The number of nitrogens with one attached hydrogen (secondary N) is 1. The van der Waals surface area contributed by atoms with E-state index in [9.17, 15) is 0 Å². The van der Waals surface area contributed by atoms with Gasteiger partial charge in [0, 0.05) is 48.2 Å². The molecular formula is C28H32FN7. The van der Waals surface area contributed by atoms with Gasteiger partial charge < -0.3 is 14.7 Å². The highest BCUT2D eigenvalue weighted by Crippen LogP contribution is 2.39. The van der Waals surface area contributed by atoms with Crippen molar-refractivity contribution in [1.29, 1.82) is 0 Å². The van der Waals surface area contributed by atoms with Gasteiger partial charge in [0.1, 0.15) is 17.2 Å². The number of nitrogens with zero attached hydrogens (tertiary/aromatic N) is 6. The molecule has 0 amide bonds. The van der Waals surface area contributed by atoms with E-state index >= 15 is 4.39 Å². The fourth-order valence-electron chi connectivity index (χ4n) is 5.08. The molecule has 0 bridgehead atoms. The molecule has 1 saturated heterocycles. The fraction of sp³-hybridized carbons (Fsp3) is 0.321. The molecule has 2 aromatic carbocycles. The fourth-order valence-corrected chi connectivity index (χ4v) is 5.08. The number of aryl methyl sites for hydroxylation is 2. The summed E-state index contributed by atoms with van der Waals surface area (Å²) in [5, 5.41) is 8.84. The van der Waals surface area contributed by atoms with E-state index in [4.69, 9.17) is 9.97 Å². The molecule has 7 nitrogen and oxygen atoms in total. The predicted octanol–water partition coefficient (Wildman–Crippen LogP) is 4.81. The highest BCUT2D eigenvalue weighted by Gasteiger charge is 2.25. The number of allylic oxidation sites excluding steroid dienone is 1. The van der Waals surface area contributed by atoms with E-state index in [1.165, 1.54) is 0 Å². The summed E-state index contributed by atoms with van der Waals surface area (Å²) in [6.07, 6.45) is 3.55. The standard InChI is InChI=1S/C28H32FN7/c1-7-19(4)35-10-12-36(13-11-35)28-20-14-18(3)25(24-17(2)8-9-22-21(24)15-30-33-22)26(29)27(20)31-23(32-28)16-34(5)6/h7-9,14-15H,1,4,10-13,16H2,2-3,5-6H3,(H,30,33). The van der Waals surface area contributed by atoms with Crippen LogP contribution in [0.25, 0.3) is 32.9 Å². The SMILES string of the molecule is C=CC(=C)N1CCN(c2nc(CN(C)C)nc3c(F)c(-c4c(C)ccc5[nH]ncc45)c(C)cc23)CC1. The van der Waals surface area contributed by atoms with E-state index in [0.29, 0.717) is 23.4 Å². The summed E-state index contributed by atoms with van der Waals surface area (Å²) in [5.41, 5.74) is 5.42. The van der Waals surface area contributed by atoms with Crippen molar-refractivity contribution in [2.45, 2.75) is 20.4 Å². The lowest BCUT2D eigenvalue weighted by Crippen LogP contribution is -2.46. The van der Waals surface area contributed by atoms with Gasteiger partial charge in [-0.25, -0.2) is 14.4 Å². The monoisotopic (exact) mass is 485 g/mol. The maximum atomic E-state index is 16.5. The van der Waals surface area contributed by atoms with Crippen LogP contribution in [0, 0.1) is 19.7 Å². The molecule has 0 radical (unpaired) electrons. The number of anilines is 1. The number of H-pyrrole nitrogens is 1. The minimum atomic E-state index is -0.316. The first kappa shape index (κ1) is 23.9. The number of hydrogen-bond donors (Lipinski definition) is 1. The van der Waals surface area contributed by atoms with Crippen LogP contribution in [-0.4, -0.2) is 70.2 Å². The second kappa shape index (κ2) is 9.35. The Morgan fingerprint density at radius 2 is 1.83 bits per heavy atom. The van der Waals surface area contributed by atoms with Crippen LogP contribution in [0.5, 0.6) is 0 Å². The van der Waals surface area contributed by atoms with Gasteiger partial charge in [-0.05, 0) is 62.8 Å². The smallest absolute Gasteiger partial charge is 0.157 e. The lowest BCUT2D eigenvalue weighted by molar-refractivity contribution is 0.330. The van der Waals surface area contributed by atoms with E-state index in [-0.39, 0.29) is 5.82 Å². The van der Waals surface area contributed by atoms with Gasteiger partial charge in [0.2, 0.25) is 0 Å². The molecule has 8 heteroatoms. The zero-order valence-electron chi connectivity index (χ0n) is 21.4. The number of halogens is 1. The molecule has 5 rings (SSSR count). The molecule has 0 unspecified atom stereocenters. The largest absolute Gasteiger partial charge is 0.368 e. The first-order valence-electron chi connectivity index (χ1n) is 12.2. The molecule has 186 valence electrons. The zero-order chi connectivity index (χ0) is 25.6. The van der Waals surface area contributed by atoms with Gasteiger partial charge in [-0.3, -0.25) is 5.10 Å². The van der Waals surface area contributed by atoms with Crippen LogP contribution in [-0.2, 0) is 6.54 Å². The van der Waals surface area contributed by atoms with Crippen molar-refractivity contribution in [3.05, 3.63) is 72.1 Å².